The Labute approximate surface area is 124 Å². The van der Waals surface area contributed by atoms with Gasteiger partial charge in [-0.1, -0.05) is 6.07 Å². The molecule has 3 aliphatic heterocycles. The van der Waals surface area contributed by atoms with Gasteiger partial charge in [0.25, 0.3) is 0 Å². The predicted octanol–water partition coefficient (Wildman–Crippen LogP) is 1.14. The van der Waals surface area contributed by atoms with Crippen LogP contribution in [0.15, 0.2) is 24.5 Å². The lowest BCUT2D eigenvalue weighted by atomic mass is 10.1. The van der Waals surface area contributed by atoms with E-state index >= 15 is 0 Å². The summed E-state index contributed by atoms with van der Waals surface area (Å²) in [5, 5.41) is 0. The molecular weight excluding hydrogens is 262 g/mol. The van der Waals surface area contributed by atoms with Crippen LogP contribution in [0.25, 0.3) is 11.0 Å². The summed E-state index contributed by atoms with van der Waals surface area (Å²) in [6.07, 6.45) is 3.13. The van der Waals surface area contributed by atoms with Crippen molar-refractivity contribution >= 4 is 16.7 Å². The molecule has 5 heteroatoms. The lowest BCUT2D eigenvalue weighted by Gasteiger charge is -2.47. The van der Waals surface area contributed by atoms with Crippen LogP contribution >= 0.6 is 0 Å². The molecule has 0 spiro atoms. The summed E-state index contributed by atoms with van der Waals surface area (Å²) < 4.78 is 0. The number of aromatic amines is 1. The molecule has 2 unspecified atom stereocenters. The maximum absolute atomic E-state index is 4.52. The Balaban J connectivity index is 1.41. The molecule has 1 aromatic heterocycles. The molecule has 3 aliphatic rings. The van der Waals surface area contributed by atoms with Crippen molar-refractivity contribution in [3.05, 3.63) is 24.5 Å². The van der Waals surface area contributed by atoms with Crippen molar-refractivity contribution in [2.45, 2.75) is 24.5 Å². The molecule has 1 aromatic carbocycles. The van der Waals surface area contributed by atoms with Gasteiger partial charge in [0, 0.05) is 44.3 Å². The van der Waals surface area contributed by atoms with Crippen LogP contribution in [-0.2, 0) is 0 Å². The average Bonchev–Trinajstić information content (AvgIpc) is 3.16. The van der Waals surface area contributed by atoms with Gasteiger partial charge in [0.2, 0.25) is 0 Å². The molecule has 110 valence electrons. The number of piperazine rings is 1. The van der Waals surface area contributed by atoms with E-state index in [1.165, 1.54) is 31.7 Å². The zero-order valence-corrected chi connectivity index (χ0v) is 12.4. The number of H-pyrrole nitrogens is 1. The van der Waals surface area contributed by atoms with E-state index in [1.54, 1.807) is 6.33 Å². The highest BCUT2D eigenvalue weighted by Gasteiger charge is 2.47. The van der Waals surface area contributed by atoms with Gasteiger partial charge < -0.3 is 14.8 Å². The highest BCUT2D eigenvalue weighted by Crippen LogP contribution is 2.38. The Kier molecular flexibility index (Phi) is 2.41. The van der Waals surface area contributed by atoms with Gasteiger partial charge >= 0.3 is 0 Å². The summed E-state index contributed by atoms with van der Waals surface area (Å²) in [6.45, 7) is 4.89. The summed E-state index contributed by atoms with van der Waals surface area (Å²) in [7, 11) is 2.22. The van der Waals surface area contributed by atoms with Crippen LogP contribution in [-0.4, -0.2) is 71.1 Å². The first-order valence-electron chi connectivity index (χ1n) is 7.92. The summed E-state index contributed by atoms with van der Waals surface area (Å²) in [5.74, 6) is 0. The van der Waals surface area contributed by atoms with Gasteiger partial charge in [-0.25, -0.2) is 4.98 Å². The number of benzene rings is 1. The van der Waals surface area contributed by atoms with E-state index in [9.17, 15) is 0 Å². The minimum absolute atomic E-state index is 0.670. The van der Waals surface area contributed by atoms with Crippen LogP contribution in [0.4, 0.5) is 5.69 Å². The number of hydrogen-bond acceptors (Lipinski definition) is 4. The molecule has 5 nitrogen and oxygen atoms in total. The van der Waals surface area contributed by atoms with Gasteiger partial charge in [-0.15, -0.1) is 0 Å². The molecule has 3 fully saturated rings. The van der Waals surface area contributed by atoms with Crippen LogP contribution < -0.4 is 4.90 Å². The Morgan fingerprint density at radius 3 is 2.76 bits per heavy atom. The van der Waals surface area contributed by atoms with Crippen molar-refractivity contribution in [3.8, 4) is 0 Å². The minimum Gasteiger partial charge on any atom is -0.364 e. The second kappa shape index (κ2) is 4.21. The van der Waals surface area contributed by atoms with E-state index in [0.29, 0.717) is 6.04 Å². The highest BCUT2D eigenvalue weighted by molar-refractivity contribution is 5.88. The van der Waals surface area contributed by atoms with E-state index in [4.69, 9.17) is 0 Å². The number of para-hydroxylation sites is 1. The molecule has 2 atom stereocenters. The van der Waals surface area contributed by atoms with E-state index in [2.05, 4.69) is 49.9 Å². The molecule has 1 N–H and O–H groups in total. The Morgan fingerprint density at radius 1 is 1.10 bits per heavy atom. The Morgan fingerprint density at radius 2 is 2.00 bits per heavy atom. The molecule has 0 amide bonds. The summed E-state index contributed by atoms with van der Waals surface area (Å²) in [4.78, 5) is 15.5. The number of hydrogen-bond donors (Lipinski definition) is 1. The van der Waals surface area contributed by atoms with Gasteiger partial charge in [0.05, 0.1) is 17.5 Å². The third-order valence-corrected chi connectivity index (χ3v) is 5.53. The molecule has 0 radical (unpaired) electrons. The first-order chi connectivity index (χ1) is 10.3. The number of anilines is 1. The molecule has 2 bridgehead atoms. The molecular formula is C16H21N5. The van der Waals surface area contributed by atoms with E-state index in [-0.39, 0.29) is 0 Å². The third kappa shape index (κ3) is 1.67. The number of likely N-dealkylation sites (tertiary alicyclic amines) is 2. The molecule has 0 saturated carbocycles. The van der Waals surface area contributed by atoms with Gasteiger partial charge in [-0.05, 0) is 25.6 Å². The van der Waals surface area contributed by atoms with Crippen LogP contribution in [0.5, 0.6) is 0 Å². The summed E-state index contributed by atoms with van der Waals surface area (Å²) in [6, 6.07) is 8.68. The fourth-order valence-electron chi connectivity index (χ4n) is 4.50. The second-order valence-electron chi connectivity index (χ2n) is 6.84. The van der Waals surface area contributed by atoms with Crippen molar-refractivity contribution in [1.82, 2.24) is 19.8 Å². The molecule has 2 aromatic rings. The molecule has 4 heterocycles. The quantitative estimate of drug-likeness (QED) is 0.897. The van der Waals surface area contributed by atoms with Crippen LogP contribution in [0, 0.1) is 0 Å². The zero-order valence-electron chi connectivity index (χ0n) is 12.4. The fraction of sp³-hybridized carbons (Fsp3) is 0.562. The highest BCUT2D eigenvalue weighted by atomic mass is 15.4. The first-order valence-corrected chi connectivity index (χ1v) is 7.92. The normalized spacial score (nSPS) is 30.4. The molecule has 21 heavy (non-hydrogen) atoms. The lowest BCUT2D eigenvalue weighted by Crippen LogP contribution is -2.62. The number of aromatic nitrogens is 2. The van der Waals surface area contributed by atoms with Crippen molar-refractivity contribution in [1.29, 1.82) is 0 Å². The number of fused-ring (bicyclic) bond motifs is 3. The molecule has 3 saturated heterocycles. The Hall–Kier alpha value is -1.59. The van der Waals surface area contributed by atoms with Crippen molar-refractivity contribution in [2.75, 3.05) is 38.1 Å². The monoisotopic (exact) mass is 283 g/mol. The lowest BCUT2D eigenvalue weighted by molar-refractivity contribution is 0.0400. The van der Waals surface area contributed by atoms with Gasteiger partial charge in [0.1, 0.15) is 5.52 Å². The van der Waals surface area contributed by atoms with Crippen molar-refractivity contribution < 1.29 is 0 Å². The number of nitrogens with zero attached hydrogens (tertiary/aromatic N) is 4. The Bertz CT molecular complexity index is 674. The van der Waals surface area contributed by atoms with Gasteiger partial charge in [0.15, 0.2) is 0 Å². The maximum Gasteiger partial charge on any atom is 0.112 e. The van der Waals surface area contributed by atoms with Gasteiger partial charge in [-0.3, -0.25) is 4.90 Å². The topological polar surface area (TPSA) is 38.4 Å². The zero-order chi connectivity index (χ0) is 14.0. The summed E-state index contributed by atoms with van der Waals surface area (Å²) >= 11 is 0. The fourth-order valence-corrected chi connectivity index (χ4v) is 4.50. The average molecular weight is 283 g/mol. The summed E-state index contributed by atoms with van der Waals surface area (Å²) in [5.41, 5.74) is 3.58. The largest absolute Gasteiger partial charge is 0.364 e. The van der Waals surface area contributed by atoms with Gasteiger partial charge in [-0.2, -0.15) is 0 Å². The minimum atomic E-state index is 0.670. The van der Waals surface area contributed by atoms with Crippen LogP contribution in [0.3, 0.4) is 0 Å². The number of nitrogens with one attached hydrogen (secondary N) is 1. The number of imidazole rings is 1. The third-order valence-electron chi connectivity index (χ3n) is 5.53. The second-order valence-corrected chi connectivity index (χ2v) is 6.84. The smallest absolute Gasteiger partial charge is 0.112 e. The predicted molar refractivity (Wildman–Crippen MR) is 83.6 cm³/mol. The van der Waals surface area contributed by atoms with E-state index in [1.807, 2.05) is 0 Å². The number of likely N-dealkylation sites (N-methyl/N-ethyl adjacent to an activating group) is 1. The van der Waals surface area contributed by atoms with E-state index < -0.39 is 0 Å². The molecule has 5 rings (SSSR count). The van der Waals surface area contributed by atoms with Crippen molar-refractivity contribution in [2.24, 2.45) is 0 Å². The van der Waals surface area contributed by atoms with Crippen LogP contribution in [0.1, 0.15) is 6.42 Å². The maximum atomic E-state index is 4.52. The molecule has 0 aliphatic carbocycles. The standard InChI is InChI=1S/C16H21N5/c1-19-6-13(7-19)20-8-12-5-11(20)9-21(12)15-4-2-3-14-16(15)18-10-17-14/h2-4,10-13H,5-9H2,1H3,(H,17,18). The van der Waals surface area contributed by atoms with Crippen molar-refractivity contribution in [3.63, 3.8) is 0 Å². The first kappa shape index (κ1) is 12.0. The SMILES string of the molecule is CN1CC(N2CC3CC2CN3c2cccc3[nH]cnc23)C1. The van der Waals surface area contributed by atoms with Crippen LogP contribution in [0.2, 0.25) is 0 Å². The number of rotatable bonds is 2. The van der Waals surface area contributed by atoms with E-state index in [0.717, 1.165) is 29.7 Å².